The molecule has 6 nitrogen and oxygen atoms in total. The smallest absolute Gasteiger partial charge is 0.271 e. The van der Waals surface area contributed by atoms with Gasteiger partial charge < -0.3 is 15.4 Å². The average Bonchev–Trinajstić information content (AvgIpc) is 3.01. The number of amides is 1. The van der Waals surface area contributed by atoms with Crippen LogP contribution in [0.4, 0.5) is 4.39 Å². The number of nitrogens with zero attached hydrogens (tertiary/aromatic N) is 2. The number of benzene rings is 1. The number of aliphatic hydroxyl groups is 1. The molecule has 2 heterocycles. The first kappa shape index (κ1) is 16.4. The molecule has 0 saturated heterocycles. The summed E-state index contributed by atoms with van der Waals surface area (Å²) in [4.78, 5) is 23.4. The van der Waals surface area contributed by atoms with E-state index in [9.17, 15) is 14.3 Å². The number of aliphatic hydroxyl groups excluding tert-OH is 1. The molecule has 0 aliphatic heterocycles. The van der Waals surface area contributed by atoms with Crippen LogP contribution < -0.4 is 5.32 Å². The van der Waals surface area contributed by atoms with E-state index in [1.54, 1.807) is 19.2 Å². The fourth-order valence-electron chi connectivity index (χ4n) is 2.34. The number of aromatic nitrogens is 3. The predicted octanol–water partition coefficient (Wildman–Crippen LogP) is 2.60. The molecule has 0 saturated carbocycles. The van der Waals surface area contributed by atoms with Crippen molar-refractivity contribution in [3.05, 3.63) is 58.8 Å². The second-order valence-corrected chi connectivity index (χ2v) is 5.72. The minimum Gasteiger partial charge on any atom is -0.386 e. The van der Waals surface area contributed by atoms with Gasteiger partial charge in [0, 0.05) is 16.8 Å². The third-order valence-corrected chi connectivity index (χ3v) is 3.95. The normalized spacial score (nSPS) is 13.7. The Morgan fingerprint density at radius 1 is 1.42 bits per heavy atom. The first-order chi connectivity index (χ1) is 11.5. The zero-order valence-electron chi connectivity index (χ0n) is 12.6. The van der Waals surface area contributed by atoms with Gasteiger partial charge in [0.2, 0.25) is 0 Å². The van der Waals surface area contributed by atoms with Crippen LogP contribution in [0.5, 0.6) is 0 Å². The van der Waals surface area contributed by atoms with E-state index >= 15 is 0 Å². The molecule has 0 spiro atoms. The highest BCUT2D eigenvalue weighted by Crippen LogP contribution is 2.28. The zero-order valence-corrected chi connectivity index (χ0v) is 13.4. The summed E-state index contributed by atoms with van der Waals surface area (Å²) in [5, 5.41) is 13.0. The molecule has 2 unspecified atom stereocenters. The third-order valence-electron chi connectivity index (χ3n) is 3.62. The highest BCUT2D eigenvalue weighted by atomic mass is 35.5. The summed E-state index contributed by atoms with van der Waals surface area (Å²) in [6.45, 7) is 1.55. The third kappa shape index (κ3) is 3.08. The topological polar surface area (TPSA) is 90.9 Å². The van der Waals surface area contributed by atoms with Crippen LogP contribution >= 0.6 is 11.6 Å². The largest absolute Gasteiger partial charge is 0.386 e. The molecule has 0 bridgehead atoms. The number of carbonyl (C=O) groups excluding carboxylic acids is 1. The summed E-state index contributed by atoms with van der Waals surface area (Å²) in [6, 6.07) is 5.03. The van der Waals surface area contributed by atoms with Crippen molar-refractivity contribution in [3.63, 3.8) is 0 Å². The quantitative estimate of drug-likeness (QED) is 0.676. The lowest BCUT2D eigenvalue weighted by Crippen LogP contribution is -2.37. The first-order valence-electron chi connectivity index (χ1n) is 7.20. The van der Waals surface area contributed by atoms with Crippen LogP contribution in [0.15, 0.2) is 36.7 Å². The SMILES string of the molecule is CC(NC(=O)c1cnc2[nH]ccc2n1)C(O)c1c(F)cccc1Cl. The first-order valence-corrected chi connectivity index (χ1v) is 7.58. The number of halogens is 2. The van der Waals surface area contributed by atoms with Crippen molar-refractivity contribution in [1.82, 2.24) is 20.3 Å². The average molecular weight is 349 g/mol. The van der Waals surface area contributed by atoms with Gasteiger partial charge in [-0.15, -0.1) is 0 Å². The standard InChI is InChI=1S/C16H14ClFN4O2/c1-8(14(23)13-9(17)3-2-4-10(13)18)21-16(24)12-7-20-15-11(22-12)5-6-19-15/h2-8,14,23H,1H3,(H,19,20)(H,21,24). The van der Waals surface area contributed by atoms with Crippen molar-refractivity contribution in [2.24, 2.45) is 0 Å². The van der Waals surface area contributed by atoms with Gasteiger partial charge in [-0.05, 0) is 25.1 Å². The fraction of sp³-hybridized carbons (Fsp3) is 0.188. The number of rotatable bonds is 4. The van der Waals surface area contributed by atoms with E-state index < -0.39 is 23.9 Å². The Labute approximate surface area is 141 Å². The van der Waals surface area contributed by atoms with Crippen LogP contribution in [-0.2, 0) is 0 Å². The van der Waals surface area contributed by atoms with E-state index in [4.69, 9.17) is 11.6 Å². The van der Waals surface area contributed by atoms with Gasteiger partial charge in [-0.1, -0.05) is 17.7 Å². The summed E-state index contributed by atoms with van der Waals surface area (Å²) >= 11 is 5.94. The van der Waals surface area contributed by atoms with Gasteiger partial charge in [0.25, 0.3) is 5.91 Å². The van der Waals surface area contributed by atoms with E-state index in [1.807, 2.05) is 0 Å². The van der Waals surface area contributed by atoms with Crippen molar-refractivity contribution in [2.75, 3.05) is 0 Å². The van der Waals surface area contributed by atoms with Crippen LogP contribution in [0.25, 0.3) is 11.2 Å². The maximum atomic E-state index is 13.9. The number of hydrogen-bond donors (Lipinski definition) is 3. The van der Waals surface area contributed by atoms with Crippen LogP contribution in [0, 0.1) is 5.82 Å². The Bertz CT molecular complexity index is 878. The Kier molecular flexibility index (Phi) is 4.46. The zero-order chi connectivity index (χ0) is 17.3. The maximum Gasteiger partial charge on any atom is 0.271 e. The molecular weight excluding hydrogens is 335 g/mol. The molecule has 3 N–H and O–H groups in total. The lowest BCUT2D eigenvalue weighted by molar-refractivity contribution is 0.0841. The van der Waals surface area contributed by atoms with E-state index in [-0.39, 0.29) is 16.3 Å². The molecule has 3 aromatic rings. The van der Waals surface area contributed by atoms with E-state index in [2.05, 4.69) is 20.3 Å². The van der Waals surface area contributed by atoms with E-state index in [1.165, 1.54) is 24.4 Å². The van der Waals surface area contributed by atoms with Gasteiger partial charge >= 0.3 is 0 Å². The molecule has 0 aliphatic carbocycles. The van der Waals surface area contributed by atoms with E-state index in [0.29, 0.717) is 11.2 Å². The Morgan fingerprint density at radius 2 is 2.21 bits per heavy atom. The van der Waals surface area contributed by atoms with Crippen LogP contribution in [0.2, 0.25) is 5.02 Å². The second kappa shape index (κ2) is 6.54. The minimum atomic E-state index is -1.30. The number of carbonyl (C=O) groups is 1. The molecule has 124 valence electrons. The van der Waals surface area contributed by atoms with Crippen molar-refractivity contribution >= 4 is 28.7 Å². The van der Waals surface area contributed by atoms with Crippen LogP contribution in [0.3, 0.4) is 0 Å². The molecule has 0 aliphatic rings. The number of aromatic amines is 1. The lowest BCUT2D eigenvalue weighted by Gasteiger charge is -2.21. The van der Waals surface area contributed by atoms with Crippen molar-refractivity contribution in [2.45, 2.75) is 19.1 Å². The van der Waals surface area contributed by atoms with E-state index in [0.717, 1.165) is 0 Å². The molecule has 24 heavy (non-hydrogen) atoms. The Morgan fingerprint density at radius 3 is 2.96 bits per heavy atom. The number of H-pyrrole nitrogens is 1. The summed E-state index contributed by atoms with van der Waals surface area (Å²) < 4.78 is 13.9. The van der Waals surface area contributed by atoms with Gasteiger partial charge in [-0.25, -0.2) is 14.4 Å². The molecular formula is C16H14ClFN4O2. The van der Waals surface area contributed by atoms with Gasteiger partial charge in [0.05, 0.1) is 12.2 Å². The lowest BCUT2D eigenvalue weighted by atomic mass is 10.0. The summed E-state index contributed by atoms with van der Waals surface area (Å²) in [5.74, 6) is -1.16. The van der Waals surface area contributed by atoms with Gasteiger partial charge in [0.1, 0.15) is 23.1 Å². The van der Waals surface area contributed by atoms with Crippen molar-refractivity contribution < 1.29 is 14.3 Å². The highest BCUT2D eigenvalue weighted by Gasteiger charge is 2.24. The molecule has 1 amide bonds. The maximum absolute atomic E-state index is 13.9. The molecule has 8 heteroatoms. The molecule has 3 rings (SSSR count). The number of fused-ring (bicyclic) bond motifs is 1. The molecule has 2 atom stereocenters. The van der Waals surface area contributed by atoms with Crippen LogP contribution in [0.1, 0.15) is 29.1 Å². The van der Waals surface area contributed by atoms with Crippen molar-refractivity contribution in [3.8, 4) is 0 Å². The van der Waals surface area contributed by atoms with Gasteiger partial charge in [-0.2, -0.15) is 0 Å². The Balaban J connectivity index is 1.78. The highest BCUT2D eigenvalue weighted by molar-refractivity contribution is 6.31. The van der Waals surface area contributed by atoms with Crippen molar-refractivity contribution in [1.29, 1.82) is 0 Å². The summed E-state index contributed by atoms with van der Waals surface area (Å²) in [5.41, 5.74) is 1.16. The molecule has 0 radical (unpaired) electrons. The summed E-state index contributed by atoms with van der Waals surface area (Å²) in [6.07, 6.45) is 1.69. The molecule has 0 fully saturated rings. The van der Waals surface area contributed by atoms with Gasteiger partial charge in [-0.3, -0.25) is 4.79 Å². The van der Waals surface area contributed by atoms with Crippen LogP contribution in [-0.4, -0.2) is 32.0 Å². The number of hydrogen-bond acceptors (Lipinski definition) is 4. The predicted molar refractivity (Wildman–Crippen MR) is 87.2 cm³/mol. The fourth-order valence-corrected chi connectivity index (χ4v) is 2.62. The second-order valence-electron chi connectivity index (χ2n) is 5.31. The minimum absolute atomic E-state index is 0.0564. The molecule has 1 aromatic carbocycles. The Hall–Kier alpha value is -2.51. The summed E-state index contributed by atoms with van der Waals surface area (Å²) in [7, 11) is 0. The van der Waals surface area contributed by atoms with Gasteiger partial charge in [0.15, 0.2) is 5.65 Å². The monoisotopic (exact) mass is 348 g/mol. The molecule has 2 aromatic heterocycles. The number of nitrogens with one attached hydrogen (secondary N) is 2.